The molecule has 0 bridgehead atoms. The van der Waals surface area contributed by atoms with Crippen molar-refractivity contribution in [1.29, 1.82) is 0 Å². The topological polar surface area (TPSA) is 30.5 Å². The van der Waals surface area contributed by atoms with Crippen LogP contribution in [0.3, 0.4) is 0 Å². The van der Waals surface area contributed by atoms with E-state index >= 15 is 0 Å². The maximum Gasteiger partial charge on any atom is 0.147 e. The van der Waals surface area contributed by atoms with E-state index in [4.69, 9.17) is 9.47 Å². The Labute approximate surface area is 96.8 Å². The quantitative estimate of drug-likeness (QED) is 0.847. The average molecular weight is 221 g/mol. The highest BCUT2D eigenvalue weighted by Gasteiger charge is 2.13. The predicted molar refractivity (Wildman–Crippen MR) is 64.6 cm³/mol. The molecule has 0 radical (unpaired) electrons. The summed E-state index contributed by atoms with van der Waals surface area (Å²) in [6.07, 6.45) is 2.34. The third kappa shape index (κ3) is 3.22. The summed E-state index contributed by atoms with van der Waals surface area (Å²) >= 11 is 0. The van der Waals surface area contributed by atoms with Crippen molar-refractivity contribution in [2.45, 2.75) is 25.9 Å². The fourth-order valence-electron chi connectivity index (χ4n) is 1.75. The Kier molecular flexibility index (Phi) is 4.19. The molecule has 1 aliphatic rings. The van der Waals surface area contributed by atoms with E-state index < -0.39 is 0 Å². The molecule has 1 aromatic carbocycles. The van der Waals surface area contributed by atoms with Crippen LogP contribution in [-0.2, 0) is 15.9 Å². The first-order chi connectivity index (χ1) is 7.88. The third-order valence-electron chi connectivity index (χ3n) is 2.87. The van der Waals surface area contributed by atoms with Gasteiger partial charge in [0.25, 0.3) is 0 Å². The van der Waals surface area contributed by atoms with Crippen LogP contribution in [0.4, 0.5) is 5.69 Å². The molecule has 0 saturated carbocycles. The summed E-state index contributed by atoms with van der Waals surface area (Å²) in [7, 11) is 0. The molecule has 1 unspecified atom stereocenters. The van der Waals surface area contributed by atoms with Gasteiger partial charge in [0.05, 0.1) is 12.7 Å². The van der Waals surface area contributed by atoms with Crippen molar-refractivity contribution in [3.8, 4) is 0 Å². The summed E-state index contributed by atoms with van der Waals surface area (Å²) < 4.78 is 10.6. The van der Waals surface area contributed by atoms with Gasteiger partial charge in [-0.05, 0) is 30.5 Å². The van der Waals surface area contributed by atoms with Crippen LogP contribution in [0, 0.1) is 0 Å². The fourth-order valence-corrected chi connectivity index (χ4v) is 1.75. The van der Waals surface area contributed by atoms with Crippen LogP contribution in [-0.4, -0.2) is 26.0 Å². The van der Waals surface area contributed by atoms with Crippen molar-refractivity contribution < 1.29 is 9.47 Å². The lowest BCUT2D eigenvalue weighted by Gasteiger charge is -2.23. The maximum absolute atomic E-state index is 5.46. The minimum atomic E-state index is 0.277. The Bertz CT molecular complexity index is 304. The van der Waals surface area contributed by atoms with Gasteiger partial charge in [-0.1, -0.05) is 19.1 Å². The van der Waals surface area contributed by atoms with E-state index in [1.807, 2.05) is 0 Å². The Hall–Kier alpha value is -1.06. The first-order valence-electron chi connectivity index (χ1n) is 5.90. The molecule has 88 valence electrons. The molecule has 3 heteroatoms. The molecule has 1 saturated heterocycles. The second-order valence-corrected chi connectivity index (χ2v) is 4.03. The highest BCUT2D eigenvalue weighted by molar-refractivity contribution is 5.44. The average Bonchev–Trinajstić information content (AvgIpc) is 2.38. The fraction of sp³-hybridized carbons (Fsp3) is 0.538. The number of rotatable bonds is 4. The van der Waals surface area contributed by atoms with Crippen molar-refractivity contribution in [3.05, 3.63) is 29.8 Å². The zero-order chi connectivity index (χ0) is 11.2. The Morgan fingerprint density at radius 3 is 2.75 bits per heavy atom. The number of anilines is 1. The lowest BCUT2D eigenvalue weighted by Crippen LogP contribution is -2.30. The maximum atomic E-state index is 5.46. The van der Waals surface area contributed by atoms with E-state index in [1.165, 1.54) is 5.56 Å². The smallest absolute Gasteiger partial charge is 0.147 e. The van der Waals surface area contributed by atoms with Crippen molar-refractivity contribution in [2.75, 3.05) is 25.3 Å². The molecule has 1 aliphatic heterocycles. The standard InChI is InChI=1S/C13H19NO2/c1-2-11-3-5-12(6-4-11)14-9-13-7-8-15-10-16-13/h3-6,13-14H,2,7-10H2,1H3. The molecule has 0 amide bonds. The van der Waals surface area contributed by atoms with Gasteiger partial charge in [-0.2, -0.15) is 0 Å². The minimum Gasteiger partial charge on any atom is -0.382 e. The molecule has 0 spiro atoms. The number of hydrogen-bond acceptors (Lipinski definition) is 3. The predicted octanol–water partition coefficient (Wildman–Crippen LogP) is 2.42. The Morgan fingerprint density at radius 2 is 2.12 bits per heavy atom. The van der Waals surface area contributed by atoms with Gasteiger partial charge < -0.3 is 14.8 Å². The largest absolute Gasteiger partial charge is 0.382 e. The Balaban J connectivity index is 1.79. The molecular weight excluding hydrogens is 202 g/mol. The van der Waals surface area contributed by atoms with Gasteiger partial charge in [0.2, 0.25) is 0 Å². The molecule has 1 N–H and O–H groups in total. The van der Waals surface area contributed by atoms with Crippen LogP contribution in [0.15, 0.2) is 24.3 Å². The molecule has 1 heterocycles. The highest BCUT2D eigenvalue weighted by atomic mass is 16.7. The number of aryl methyl sites for hydroxylation is 1. The van der Waals surface area contributed by atoms with E-state index in [0.29, 0.717) is 6.79 Å². The van der Waals surface area contributed by atoms with Gasteiger partial charge >= 0.3 is 0 Å². The molecule has 0 aromatic heterocycles. The molecular formula is C13H19NO2. The number of hydrogen-bond donors (Lipinski definition) is 1. The second kappa shape index (κ2) is 5.87. The summed E-state index contributed by atoms with van der Waals surface area (Å²) in [5, 5.41) is 3.39. The van der Waals surface area contributed by atoms with Gasteiger partial charge in [0.1, 0.15) is 6.79 Å². The molecule has 3 nitrogen and oxygen atoms in total. The SMILES string of the molecule is CCc1ccc(NCC2CCOCO2)cc1. The first kappa shape index (κ1) is 11.4. The Morgan fingerprint density at radius 1 is 1.31 bits per heavy atom. The molecule has 2 rings (SSSR count). The summed E-state index contributed by atoms with van der Waals surface area (Å²) in [4.78, 5) is 0. The van der Waals surface area contributed by atoms with E-state index in [2.05, 4.69) is 36.5 Å². The van der Waals surface area contributed by atoms with E-state index in [-0.39, 0.29) is 6.10 Å². The summed E-state index contributed by atoms with van der Waals surface area (Å²) in [5.74, 6) is 0. The zero-order valence-electron chi connectivity index (χ0n) is 9.74. The van der Waals surface area contributed by atoms with Crippen molar-refractivity contribution >= 4 is 5.69 Å². The van der Waals surface area contributed by atoms with E-state index in [9.17, 15) is 0 Å². The summed E-state index contributed by atoms with van der Waals surface area (Å²) in [6, 6.07) is 8.57. The molecule has 1 atom stereocenters. The van der Waals surface area contributed by atoms with Crippen molar-refractivity contribution in [3.63, 3.8) is 0 Å². The number of nitrogens with one attached hydrogen (secondary N) is 1. The van der Waals surface area contributed by atoms with Crippen molar-refractivity contribution in [2.24, 2.45) is 0 Å². The third-order valence-corrected chi connectivity index (χ3v) is 2.87. The summed E-state index contributed by atoms with van der Waals surface area (Å²) in [6.45, 7) is 4.26. The van der Waals surface area contributed by atoms with Gasteiger partial charge in [-0.15, -0.1) is 0 Å². The summed E-state index contributed by atoms with van der Waals surface area (Å²) in [5.41, 5.74) is 2.53. The monoisotopic (exact) mass is 221 g/mol. The molecule has 16 heavy (non-hydrogen) atoms. The molecule has 1 fully saturated rings. The van der Waals surface area contributed by atoms with Crippen LogP contribution in [0.25, 0.3) is 0 Å². The lowest BCUT2D eigenvalue weighted by molar-refractivity contribution is -0.133. The van der Waals surface area contributed by atoms with Crippen LogP contribution >= 0.6 is 0 Å². The molecule has 1 aromatic rings. The van der Waals surface area contributed by atoms with Crippen LogP contribution in [0.2, 0.25) is 0 Å². The van der Waals surface area contributed by atoms with Gasteiger partial charge in [0, 0.05) is 12.2 Å². The van der Waals surface area contributed by atoms with E-state index in [1.54, 1.807) is 0 Å². The number of benzene rings is 1. The molecule has 0 aliphatic carbocycles. The van der Waals surface area contributed by atoms with Crippen LogP contribution in [0.5, 0.6) is 0 Å². The van der Waals surface area contributed by atoms with Gasteiger partial charge in [-0.3, -0.25) is 0 Å². The first-order valence-corrected chi connectivity index (χ1v) is 5.90. The normalized spacial score (nSPS) is 20.7. The highest BCUT2D eigenvalue weighted by Crippen LogP contribution is 2.12. The minimum absolute atomic E-state index is 0.277. The number of ether oxygens (including phenoxy) is 2. The van der Waals surface area contributed by atoms with Gasteiger partial charge in [-0.25, -0.2) is 0 Å². The van der Waals surface area contributed by atoms with E-state index in [0.717, 1.165) is 31.7 Å². The van der Waals surface area contributed by atoms with Crippen LogP contribution in [0.1, 0.15) is 18.9 Å². The lowest BCUT2D eigenvalue weighted by atomic mass is 10.1. The second-order valence-electron chi connectivity index (χ2n) is 4.03. The van der Waals surface area contributed by atoms with Gasteiger partial charge in [0.15, 0.2) is 0 Å². The van der Waals surface area contributed by atoms with Crippen molar-refractivity contribution in [1.82, 2.24) is 0 Å². The van der Waals surface area contributed by atoms with Crippen LogP contribution < -0.4 is 5.32 Å². The zero-order valence-corrected chi connectivity index (χ0v) is 9.74.